The molecule has 0 aliphatic carbocycles. The van der Waals surface area contributed by atoms with Gasteiger partial charge in [0.05, 0.1) is 7.11 Å². The molecule has 0 saturated carbocycles. The molecule has 8 heteroatoms. The lowest BCUT2D eigenvalue weighted by atomic mass is 10.2. The van der Waals surface area contributed by atoms with Gasteiger partial charge in [-0.2, -0.15) is 15.0 Å². The maximum atomic E-state index is 11.5. The Labute approximate surface area is 140 Å². The van der Waals surface area contributed by atoms with E-state index in [2.05, 4.69) is 19.9 Å². The molecule has 23 heavy (non-hydrogen) atoms. The predicted molar refractivity (Wildman–Crippen MR) is 93.9 cm³/mol. The van der Waals surface area contributed by atoms with Crippen LogP contribution in [0.5, 0.6) is 6.01 Å². The summed E-state index contributed by atoms with van der Waals surface area (Å²) < 4.78 is 16.7. The fraction of sp³-hybridized carbons (Fsp3) is 0.800. The van der Waals surface area contributed by atoms with Crippen molar-refractivity contribution in [1.82, 2.24) is 15.0 Å². The Bertz CT molecular complexity index is 535. The molecule has 1 saturated heterocycles. The van der Waals surface area contributed by atoms with Crippen LogP contribution in [-0.4, -0.2) is 64.5 Å². The SMILES string of the molecule is COc1nc(N2CCCCCC2)nc(N(C)[C@H](C)C[S@](C)=O)n1. The third kappa shape index (κ3) is 5.02. The minimum atomic E-state index is -0.864. The molecule has 0 spiro atoms. The van der Waals surface area contributed by atoms with E-state index in [9.17, 15) is 4.21 Å². The summed E-state index contributed by atoms with van der Waals surface area (Å²) in [5.74, 6) is 1.81. The van der Waals surface area contributed by atoms with Crippen LogP contribution < -0.4 is 14.5 Å². The van der Waals surface area contributed by atoms with Gasteiger partial charge in [-0.25, -0.2) is 0 Å². The summed E-state index contributed by atoms with van der Waals surface area (Å²) in [7, 11) is 2.62. The van der Waals surface area contributed by atoms with Crippen molar-refractivity contribution < 1.29 is 8.95 Å². The van der Waals surface area contributed by atoms with Crippen LogP contribution in [-0.2, 0) is 10.8 Å². The lowest BCUT2D eigenvalue weighted by molar-refractivity contribution is 0.377. The van der Waals surface area contributed by atoms with E-state index in [1.807, 2.05) is 18.9 Å². The topological polar surface area (TPSA) is 71.5 Å². The third-order valence-electron chi connectivity index (χ3n) is 4.12. The largest absolute Gasteiger partial charge is 0.467 e. The normalized spacial score (nSPS) is 18.2. The zero-order valence-electron chi connectivity index (χ0n) is 14.5. The standard InChI is InChI=1S/C15H27N5O2S/c1-12(11-23(4)21)19(2)13-16-14(18-15(17-13)22-3)20-9-7-5-6-8-10-20/h12H,5-11H2,1-4H3/t12-,23+/m1/s1. The van der Waals surface area contributed by atoms with Gasteiger partial charge >= 0.3 is 6.01 Å². The zero-order chi connectivity index (χ0) is 16.8. The van der Waals surface area contributed by atoms with Crippen LogP contribution in [0.4, 0.5) is 11.9 Å². The number of nitrogens with zero attached hydrogens (tertiary/aromatic N) is 5. The molecule has 1 aliphatic heterocycles. The zero-order valence-corrected chi connectivity index (χ0v) is 15.3. The molecular weight excluding hydrogens is 314 g/mol. The molecule has 1 aromatic heterocycles. The van der Waals surface area contributed by atoms with Gasteiger partial charge in [0.15, 0.2) is 0 Å². The molecule has 0 amide bonds. The van der Waals surface area contributed by atoms with Gasteiger partial charge in [0, 0.05) is 49.0 Å². The number of ether oxygens (including phenoxy) is 1. The lowest BCUT2D eigenvalue weighted by Gasteiger charge is -2.26. The Morgan fingerprint density at radius 1 is 1.22 bits per heavy atom. The highest BCUT2D eigenvalue weighted by molar-refractivity contribution is 7.84. The number of anilines is 2. The smallest absolute Gasteiger partial charge is 0.322 e. The van der Waals surface area contributed by atoms with Gasteiger partial charge in [-0.05, 0) is 19.8 Å². The fourth-order valence-electron chi connectivity index (χ4n) is 2.65. The van der Waals surface area contributed by atoms with Crippen molar-refractivity contribution in [3.8, 4) is 6.01 Å². The predicted octanol–water partition coefficient (Wildman–Crippen LogP) is 1.46. The van der Waals surface area contributed by atoms with Crippen molar-refractivity contribution in [1.29, 1.82) is 0 Å². The molecule has 0 bridgehead atoms. The van der Waals surface area contributed by atoms with Crippen LogP contribution in [0.15, 0.2) is 0 Å². The van der Waals surface area contributed by atoms with Crippen LogP contribution in [0.1, 0.15) is 32.6 Å². The molecule has 0 aromatic carbocycles. The number of rotatable bonds is 6. The van der Waals surface area contributed by atoms with Crippen molar-refractivity contribution in [2.75, 3.05) is 49.1 Å². The molecule has 2 rings (SSSR count). The summed E-state index contributed by atoms with van der Waals surface area (Å²) in [5, 5.41) is 0. The molecule has 7 nitrogen and oxygen atoms in total. The number of hydrogen-bond donors (Lipinski definition) is 0. The van der Waals surface area contributed by atoms with E-state index in [4.69, 9.17) is 4.74 Å². The third-order valence-corrected chi connectivity index (χ3v) is 5.07. The summed E-state index contributed by atoms with van der Waals surface area (Å²) in [6, 6.07) is 0.399. The van der Waals surface area contributed by atoms with Crippen molar-refractivity contribution in [3.63, 3.8) is 0 Å². The maximum Gasteiger partial charge on any atom is 0.322 e. The van der Waals surface area contributed by atoms with E-state index in [1.165, 1.54) is 12.8 Å². The highest BCUT2D eigenvalue weighted by Crippen LogP contribution is 2.21. The van der Waals surface area contributed by atoms with Gasteiger partial charge in [-0.3, -0.25) is 4.21 Å². The Morgan fingerprint density at radius 3 is 2.43 bits per heavy atom. The first-order chi connectivity index (χ1) is 11.0. The fourth-order valence-corrected chi connectivity index (χ4v) is 3.55. The molecule has 2 atom stereocenters. The van der Waals surface area contributed by atoms with Gasteiger partial charge in [0.2, 0.25) is 11.9 Å². The van der Waals surface area contributed by atoms with Crippen LogP contribution in [0.3, 0.4) is 0 Å². The number of hydrogen-bond acceptors (Lipinski definition) is 7. The van der Waals surface area contributed by atoms with Crippen molar-refractivity contribution >= 4 is 22.7 Å². The van der Waals surface area contributed by atoms with Crippen LogP contribution in [0.25, 0.3) is 0 Å². The van der Waals surface area contributed by atoms with Crippen LogP contribution in [0, 0.1) is 0 Å². The van der Waals surface area contributed by atoms with E-state index in [1.54, 1.807) is 13.4 Å². The average molecular weight is 341 g/mol. The molecule has 130 valence electrons. The lowest BCUT2D eigenvalue weighted by Crippen LogP contribution is -2.35. The highest BCUT2D eigenvalue weighted by atomic mass is 32.2. The minimum Gasteiger partial charge on any atom is -0.467 e. The molecule has 0 unspecified atom stereocenters. The highest BCUT2D eigenvalue weighted by Gasteiger charge is 2.20. The van der Waals surface area contributed by atoms with Gasteiger partial charge in [-0.1, -0.05) is 12.8 Å². The average Bonchev–Trinajstić information content (AvgIpc) is 2.82. The van der Waals surface area contributed by atoms with Gasteiger partial charge in [0.25, 0.3) is 0 Å². The van der Waals surface area contributed by atoms with E-state index >= 15 is 0 Å². The van der Waals surface area contributed by atoms with Gasteiger partial charge < -0.3 is 14.5 Å². The second kappa shape index (κ2) is 8.42. The van der Waals surface area contributed by atoms with Crippen LogP contribution >= 0.6 is 0 Å². The van der Waals surface area contributed by atoms with E-state index in [0.29, 0.717) is 23.7 Å². The Kier molecular flexibility index (Phi) is 6.56. The quantitative estimate of drug-likeness (QED) is 0.776. The molecule has 2 heterocycles. The second-order valence-corrected chi connectivity index (χ2v) is 7.50. The Morgan fingerprint density at radius 2 is 1.87 bits per heavy atom. The second-order valence-electron chi connectivity index (χ2n) is 6.02. The minimum absolute atomic E-state index is 0.0740. The summed E-state index contributed by atoms with van der Waals surface area (Å²) in [6.07, 6.45) is 6.53. The molecule has 1 aliphatic rings. The monoisotopic (exact) mass is 341 g/mol. The summed E-state index contributed by atoms with van der Waals surface area (Å²) in [6.45, 7) is 3.94. The molecular formula is C15H27N5O2S. The Hall–Kier alpha value is -1.44. The number of aromatic nitrogens is 3. The first kappa shape index (κ1) is 17.9. The molecule has 0 N–H and O–H groups in total. The van der Waals surface area contributed by atoms with E-state index < -0.39 is 10.8 Å². The molecule has 1 aromatic rings. The number of methoxy groups -OCH3 is 1. The van der Waals surface area contributed by atoms with E-state index in [-0.39, 0.29) is 6.04 Å². The Balaban J connectivity index is 2.25. The van der Waals surface area contributed by atoms with Gasteiger partial charge in [-0.15, -0.1) is 0 Å². The van der Waals surface area contributed by atoms with Crippen LogP contribution in [0.2, 0.25) is 0 Å². The maximum absolute atomic E-state index is 11.5. The summed E-state index contributed by atoms with van der Waals surface area (Å²) >= 11 is 0. The first-order valence-electron chi connectivity index (χ1n) is 8.09. The summed E-state index contributed by atoms with van der Waals surface area (Å²) in [5.41, 5.74) is 0. The van der Waals surface area contributed by atoms with Gasteiger partial charge in [0.1, 0.15) is 0 Å². The van der Waals surface area contributed by atoms with Crippen molar-refractivity contribution in [3.05, 3.63) is 0 Å². The van der Waals surface area contributed by atoms with Crippen molar-refractivity contribution in [2.45, 2.75) is 38.6 Å². The van der Waals surface area contributed by atoms with E-state index in [0.717, 1.165) is 25.9 Å². The van der Waals surface area contributed by atoms with Crippen molar-refractivity contribution in [2.24, 2.45) is 0 Å². The molecule has 0 radical (unpaired) electrons. The molecule has 1 fully saturated rings. The first-order valence-corrected chi connectivity index (χ1v) is 9.82. The summed E-state index contributed by atoms with van der Waals surface area (Å²) in [4.78, 5) is 17.5.